The molecule has 1 aromatic heterocycles. The number of Topliss-reactive ketones (excluding diaryl/α,β-unsaturated/α-hetero) is 1. The van der Waals surface area contributed by atoms with E-state index in [1.807, 2.05) is 26.0 Å². The molecular weight excluding hydrogens is 477 g/mol. The summed E-state index contributed by atoms with van der Waals surface area (Å²) in [7, 11) is 0. The zero-order valence-electron chi connectivity index (χ0n) is 22.2. The Balaban J connectivity index is 1.72. The lowest BCUT2D eigenvalue weighted by Crippen LogP contribution is -2.56. The van der Waals surface area contributed by atoms with Crippen molar-refractivity contribution in [3.8, 4) is 0 Å². The van der Waals surface area contributed by atoms with Crippen molar-refractivity contribution in [3.05, 3.63) is 35.2 Å². The van der Waals surface area contributed by atoms with E-state index in [0.29, 0.717) is 17.8 Å². The maximum absolute atomic E-state index is 13.5. The molecule has 0 spiro atoms. The molecule has 1 aromatic rings. The molecule has 2 unspecified atom stereocenters. The number of allylic oxidation sites excluding steroid dienone is 1. The van der Waals surface area contributed by atoms with Crippen LogP contribution < -0.4 is 5.32 Å². The molecule has 0 bridgehead atoms. The Kier molecular flexibility index (Phi) is 9.94. The van der Waals surface area contributed by atoms with Gasteiger partial charge in [-0.15, -0.1) is 0 Å². The SMILES string of the molecule is CCCCCC(C)OC(=O)C[C@H](NC(=O)C1(C(C)C)CC(c2nccc3c2C=CCC3)=NO1)C(=O)CF. The fraction of sp³-hybridized carbons (Fsp3) is 0.607. The summed E-state index contributed by atoms with van der Waals surface area (Å²) in [5.74, 6) is -2.52. The Labute approximate surface area is 218 Å². The molecule has 0 aromatic carbocycles. The summed E-state index contributed by atoms with van der Waals surface area (Å²) >= 11 is 0. The van der Waals surface area contributed by atoms with Crippen LogP contribution >= 0.6 is 0 Å². The Morgan fingerprint density at radius 1 is 1.24 bits per heavy atom. The molecule has 1 N–H and O–H groups in total. The van der Waals surface area contributed by atoms with Crippen molar-refractivity contribution in [3.63, 3.8) is 0 Å². The van der Waals surface area contributed by atoms with Gasteiger partial charge in [-0.1, -0.05) is 50.9 Å². The standard InChI is InChI=1S/C28H38FN3O5/c1-5-6-7-10-19(4)36-25(34)15-22(24(33)17-29)31-27(35)28(18(2)3)16-23(32-37-28)26-21-12-9-8-11-20(21)13-14-30-26/h9,12-14,18-19,22H,5-8,10-11,15-17H2,1-4H3,(H,31,35)/t19?,22-,28?/m0/s1. The molecule has 0 fully saturated rings. The Hall–Kier alpha value is -3.10. The maximum Gasteiger partial charge on any atom is 0.308 e. The second kappa shape index (κ2) is 12.9. The zero-order valence-corrected chi connectivity index (χ0v) is 22.2. The normalized spacial score (nSPS) is 20.0. The Bertz CT molecular complexity index is 1050. The number of ether oxygens (including phenoxy) is 1. The van der Waals surface area contributed by atoms with E-state index in [1.54, 1.807) is 13.1 Å². The quantitative estimate of drug-likeness (QED) is 0.307. The molecule has 0 radical (unpaired) electrons. The molecule has 1 aliphatic carbocycles. The van der Waals surface area contributed by atoms with Gasteiger partial charge in [0.1, 0.15) is 18.4 Å². The number of hydrogen-bond donors (Lipinski definition) is 1. The second-order valence-corrected chi connectivity index (χ2v) is 10.2. The van der Waals surface area contributed by atoms with E-state index >= 15 is 0 Å². The number of aromatic nitrogens is 1. The number of pyridine rings is 1. The van der Waals surface area contributed by atoms with Crippen LogP contribution in [0.1, 0.15) is 89.5 Å². The van der Waals surface area contributed by atoms with Gasteiger partial charge in [0.25, 0.3) is 5.91 Å². The molecular formula is C28H38FN3O5. The molecule has 1 amide bonds. The molecule has 2 heterocycles. The van der Waals surface area contributed by atoms with Gasteiger partial charge in [-0.25, -0.2) is 4.39 Å². The topological polar surface area (TPSA) is 107 Å². The van der Waals surface area contributed by atoms with Crippen LogP contribution in [0, 0.1) is 5.92 Å². The molecule has 1 aliphatic heterocycles. The monoisotopic (exact) mass is 515 g/mol. The molecule has 9 heteroatoms. The van der Waals surface area contributed by atoms with Crippen LogP contribution in [0.25, 0.3) is 6.08 Å². The highest BCUT2D eigenvalue weighted by atomic mass is 19.1. The summed E-state index contributed by atoms with van der Waals surface area (Å²) in [5, 5.41) is 6.79. The number of amides is 1. The van der Waals surface area contributed by atoms with Crippen LogP contribution in [-0.4, -0.2) is 52.8 Å². The molecule has 2 aliphatic rings. The van der Waals surface area contributed by atoms with Crippen molar-refractivity contribution in [2.45, 2.75) is 96.8 Å². The van der Waals surface area contributed by atoms with E-state index in [-0.39, 0.29) is 18.4 Å². The van der Waals surface area contributed by atoms with Gasteiger partial charge in [-0.3, -0.25) is 19.4 Å². The first kappa shape index (κ1) is 28.5. The van der Waals surface area contributed by atoms with Crippen LogP contribution in [0.3, 0.4) is 0 Å². The molecule has 8 nitrogen and oxygen atoms in total. The number of unbranched alkanes of at least 4 members (excludes halogenated alkanes) is 2. The predicted octanol–water partition coefficient (Wildman–Crippen LogP) is 4.49. The first-order chi connectivity index (χ1) is 17.7. The van der Waals surface area contributed by atoms with Gasteiger partial charge in [-0.2, -0.15) is 0 Å². The van der Waals surface area contributed by atoms with E-state index in [0.717, 1.165) is 43.2 Å². The number of alkyl halides is 1. The van der Waals surface area contributed by atoms with Gasteiger partial charge in [0.05, 0.1) is 18.2 Å². The summed E-state index contributed by atoms with van der Waals surface area (Å²) in [4.78, 5) is 48.6. The number of esters is 1. The van der Waals surface area contributed by atoms with Gasteiger partial charge in [0.2, 0.25) is 5.60 Å². The zero-order chi connectivity index (χ0) is 27.0. The molecule has 3 atom stereocenters. The van der Waals surface area contributed by atoms with E-state index < -0.39 is 42.4 Å². The van der Waals surface area contributed by atoms with Crippen LogP contribution in [0.5, 0.6) is 0 Å². The number of carbonyl (C=O) groups excluding carboxylic acids is 3. The van der Waals surface area contributed by atoms with Crippen LogP contribution in [0.4, 0.5) is 4.39 Å². The van der Waals surface area contributed by atoms with Crippen molar-refractivity contribution in [2.75, 3.05) is 6.67 Å². The number of oxime groups is 1. The average Bonchev–Trinajstić information content (AvgIpc) is 3.34. The highest BCUT2D eigenvalue weighted by molar-refractivity contribution is 6.07. The van der Waals surface area contributed by atoms with Crippen LogP contribution in [0.2, 0.25) is 0 Å². The smallest absolute Gasteiger partial charge is 0.308 e. The summed E-state index contributed by atoms with van der Waals surface area (Å²) in [5.41, 5.74) is 1.86. The van der Waals surface area contributed by atoms with E-state index in [4.69, 9.17) is 9.57 Å². The first-order valence-electron chi connectivity index (χ1n) is 13.2. The molecule has 0 saturated heterocycles. The average molecular weight is 516 g/mol. The van der Waals surface area contributed by atoms with Gasteiger partial charge >= 0.3 is 5.97 Å². The summed E-state index contributed by atoms with van der Waals surface area (Å²) < 4.78 is 18.8. The third-order valence-electron chi connectivity index (χ3n) is 7.03. The van der Waals surface area contributed by atoms with E-state index in [2.05, 4.69) is 28.5 Å². The molecule has 37 heavy (non-hydrogen) atoms. The molecule has 0 saturated carbocycles. The lowest BCUT2D eigenvalue weighted by atomic mass is 9.83. The molecule has 3 rings (SSSR count). The second-order valence-electron chi connectivity index (χ2n) is 10.2. The van der Waals surface area contributed by atoms with Gasteiger partial charge in [0.15, 0.2) is 5.78 Å². The number of aryl methyl sites for hydroxylation is 1. The third-order valence-corrected chi connectivity index (χ3v) is 7.03. The minimum Gasteiger partial charge on any atom is -0.463 e. The number of fused-ring (bicyclic) bond motifs is 1. The van der Waals surface area contributed by atoms with Crippen molar-refractivity contribution >= 4 is 29.4 Å². The van der Waals surface area contributed by atoms with Crippen LogP contribution in [-0.2, 0) is 30.4 Å². The number of rotatable bonds is 13. The first-order valence-corrected chi connectivity index (χ1v) is 13.2. The third kappa shape index (κ3) is 6.81. The van der Waals surface area contributed by atoms with Crippen molar-refractivity contribution in [1.29, 1.82) is 0 Å². The van der Waals surface area contributed by atoms with E-state index in [9.17, 15) is 18.8 Å². The summed E-state index contributed by atoms with van der Waals surface area (Å²) in [6.07, 6.45) is 10.7. The van der Waals surface area contributed by atoms with Crippen molar-refractivity contribution < 1.29 is 28.3 Å². The number of halogens is 1. The fourth-order valence-electron chi connectivity index (χ4n) is 4.66. The van der Waals surface area contributed by atoms with Crippen LogP contribution in [0.15, 0.2) is 23.5 Å². The number of hydrogen-bond acceptors (Lipinski definition) is 7. The minimum absolute atomic E-state index is 0.128. The maximum atomic E-state index is 13.5. The predicted molar refractivity (Wildman–Crippen MR) is 139 cm³/mol. The lowest BCUT2D eigenvalue weighted by Gasteiger charge is -2.31. The number of ketones is 1. The summed E-state index contributed by atoms with van der Waals surface area (Å²) in [6.45, 7) is 6.17. The minimum atomic E-state index is -1.43. The van der Waals surface area contributed by atoms with Crippen molar-refractivity contribution in [2.24, 2.45) is 11.1 Å². The summed E-state index contributed by atoms with van der Waals surface area (Å²) in [6, 6.07) is 0.611. The van der Waals surface area contributed by atoms with E-state index in [1.165, 1.54) is 0 Å². The Morgan fingerprint density at radius 2 is 2.03 bits per heavy atom. The lowest BCUT2D eigenvalue weighted by molar-refractivity contribution is -0.154. The largest absolute Gasteiger partial charge is 0.463 e. The van der Waals surface area contributed by atoms with Crippen molar-refractivity contribution in [1.82, 2.24) is 10.3 Å². The van der Waals surface area contributed by atoms with Gasteiger partial charge in [-0.05, 0) is 44.2 Å². The fourth-order valence-corrected chi connectivity index (χ4v) is 4.66. The number of carbonyl (C=O) groups is 3. The van der Waals surface area contributed by atoms with Gasteiger partial charge < -0.3 is 14.9 Å². The Morgan fingerprint density at radius 3 is 2.73 bits per heavy atom. The van der Waals surface area contributed by atoms with Gasteiger partial charge in [0, 0.05) is 24.1 Å². The molecule has 202 valence electrons. The number of nitrogens with one attached hydrogen (secondary N) is 1. The highest BCUT2D eigenvalue weighted by Crippen LogP contribution is 2.35. The highest BCUT2D eigenvalue weighted by Gasteiger charge is 2.51. The number of nitrogens with zero attached hydrogens (tertiary/aromatic N) is 2.